The van der Waals surface area contributed by atoms with Crippen LogP contribution in [0.2, 0.25) is 0 Å². The number of hydrogen-bond donors (Lipinski definition) is 1. The van der Waals surface area contributed by atoms with E-state index < -0.39 is 0 Å². The van der Waals surface area contributed by atoms with Gasteiger partial charge in [0.2, 0.25) is 11.8 Å². The molecule has 4 heteroatoms. The minimum absolute atomic E-state index is 0.0149. The summed E-state index contributed by atoms with van der Waals surface area (Å²) in [5, 5.41) is 2.76. The van der Waals surface area contributed by atoms with E-state index in [-0.39, 0.29) is 18.4 Å². The molecule has 1 saturated carbocycles. The zero-order valence-corrected chi connectivity index (χ0v) is 15.8. The van der Waals surface area contributed by atoms with Crippen LogP contribution in [0.5, 0.6) is 0 Å². The van der Waals surface area contributed by atoms with Crippen molar-refractivity contribution in [3.05, 3.63) is 35.9 Å². The van der Waals surface area contributed by atoms with Crippen LogP contribution >= 0.6 is 0 Å². The van der Waals surface area contributed by atoms with E-state index in [4.69, 9.17) is 0 Å². The molecule has 0 radical (unpaired) electrons. The molecular weight excluding hydrogens is 312 g/mol. The Hall–Kier alpha value is -1.84. The molecule has 4 nitrogen and oxygen atoms in total. The van der Waals surface area contributed by atoms with E-state index in [2.05, 4.69) is 49.5 Å². The standard InChI is InChI=1S/C21H32N2O2/c1-16(2)9-14-20(24)22-15-21(25)23(3)19-12-10-18(11-13-19)17-7-5-4-6-8-17/h4-8,16,18-19H,9-15H2,1-3H3,(H,22,24). The highest BCUT2D eigenvalue weighted by Gasteiger charge is 2.27. The maximum Gasteiger partial charge on any atom is 0.241 e. The lowest BCUT2D eigenvalue weighted by atomic mass is 9.81. The lowest BCUT2D eigenvalue weighted by Crippen LogP contribution is -2.44. The summed E-state index contributed by atoms with van der Waals surface area (Å²) in [5.74, 6) is 1.10. The fourth-order valence-corrected chi connectivity index (χ4v) is 3.53. The smallest absolute Gasteiger partial charge is 0.241 e. The summed E-state index contributed by atoms with van der Waals surface area (Å²) in [6, 6.07) is 10.9. The van der Waals surface area contributed by atoms with E-state index in [1.54, 1.807) is 0 Å². The molecule has 1 aromatic rings. The van der Waals surface area contributed by atoms with Crippen LogP contribution in [-0.4, -0.2) is 36.3 Å². The summed E-state index contributed by atoms with van der Waals surface area (Å²) in [6.45, 7) is 4.31. The summed E-state index contributed by atoms with van der Waals surface area (Å²) in [7, 11) is 1.87. The summed E-state index contributed by atoms with van der Waals surface area (Å²) in [5.41, 5.74) is 1.41. The fraction of sp³-hybridized carbons (Fsp3) is 0.619. The maximum atomic E-state index is 12.3. The number of nitrogens with zero attached hydrogens (tertiary/aromatic N) is 1. The summed E-state index contributed by atoms with van der Waals surface area (Å²) >= 11 is 0. The van der Waals surface area contributed by atoms with Crippen molar-refractivity contribution >= 4 is 11.8 Å². The third-order valence-electron chi connectivity index (χ3n) is 5.29. The molecule has 1 N–H and O–H groups in total. The molecule has 0 bridgehead atoms. The van der Waals surface area contributed by atoms with Crippen LogP contribution < -0.4 is 5.32 Å². The number of likely N-dealkylation sites (N-methyl/N-ethyl adjacent to an activating group) is 1. The Kier molecular flexibility index (Phi) is 7.48. The van der Waals surface area contributed by atoms with Gasteiger partial charge in [-0.2, -0.15) is 0 Å². The molecule has 0 saturated heterocycles. The van der Waals surface area contributed by atoms with E-state index in [0.29, 0.717) is 24.3 Å². The second-order valence-electron chi connectivity index (χ2n) is 7.63. The largest absolute Gasteiger partial charge is 0.347 e. The van der Waals surface area contributed by atoms with Crippen molar-refractivity contribution in [3.8, 4) is 0 Å². The van der Waals surface area contributed by atoms with Gasteiger partial charge in [-0.1, -0.05) is 44.2 Å². The van der Waals surface area contributed by atoms with Crippen molar-refractivity contribution in [3.63, 3.8) is 0 Å². The Morgan fingerprint density at radius 3 is 2.36 bits per heavy atom. The average Bonchev–Trinajstić information content (AvgIpc) is 2.64. The molecule has 2 rings (SSSR count). The second kappa shape index (κ2) is 9.59. The molecule has 25 heavy (non-hydrogen) atoms. The third kappa shape index (κ3) is 6.18. The number of nitrogens with one attached hydrogen (secondary N) is 1. The quantitative estimate of drug-likeness (QED) is 0.819. The molecule has 1 aliphatic rings. The maximum absolute atomic E-state index is 12.3. The summed E-state index contributed by atoms with van der Waals surface area (Å²) in [4.78, 5) is 26.0. The number of hydrogen-bond acceptors (Lipinski definition) is 2. The third-order valence-corrected chi connectivity index (χ3v) is 5.29. The van der Waals surface area contributed by atoms with Crippen LogP contribution in [0.3, 0.4) is 0 Å². The molecule has 138 valence electrons. The van der Waals surface area contributed by atoms with Gasteiger partial charge >= 0.3 is 0 Å². The van der Waals surface area contributed by atoms with Gasteiger partial charge in [-0.15, -0.1) is 0 Å². The van der Waals surface area contributed by atoms with E-state index >= 15 is 0 Å². The Morgan fingerprint density at radius 2 is 1.76 bits per heavy atom. The summed E-state index contributed by atoms with van der Waals surface area (Å²) in [6.07, 6.45) is 5.66. The van der Waals surface area contributed by atoms with E-state index in [1.807, 2.05) is 11.9 Å². The first-order valence-corrected chi connectivity index (χ1v) is 9.54. The highest BCUT2D eigenvalue weighted by atomic mass is 16.2. The monoisotopic (exact) mass is 344 g/mol. The van der Waals surface area contributed by atoms with Crippen molar-refractivity contribution in [2.24, 2.45) is 5.92 Å². The summed E-state index contributed by atoms with van der Waals surface area (Å²) < 4.78 is 0. The Bertz CT molecular complexity index is 548. The van der Waals surface area contributed by atoms with Crippen LogP contribution in [0.15, 0.2) is 30.3 Å². The number of carbonyl (C=O) groups excluding carboxylic acids is 2. The first-order chi connectivity index (χ1) is 12.0. The van der Waals surface area contributed by atoms with Crippen LogP contribution in [0.25, 0.3) is 0 Å². The molecule has 2 amide bonds. The molecule has 1 fully saturated rings. The normalized spacial score (nSPS) is 20.3. The van der Waals surface area contributed by atoms with E-state index in [9.17, 15) is 9.59 Å². The molecule has 0 aliphatic heterocycles. The van der Waals surface area contributed by atoms with E-state index in [0.717, 1.165) is 32.1 Å². The second-order valence-corrected chi connectivity index (χ2v) is 7.63. The predicted octanol–water partition coefficient (Wildman–Crippen LogP) is 3.72. The van der Waals surface area contributed by atoms with Crippen LogP contribution in [-0.2, 0) is 9.59 Å². The zero-order valence-electron chi connectivity index (χ0n) is 15.8. The Balaban J connectivity index is 1.73. The minimum Gasteiger partial charge on any atom is -0.347 e. The van der Waals surface area contributed by atoms with Gasteiger partial charge in [-0.3, -0.25) is 9.59 Å². The lowest BCUT2D eigenvalue weighted by Gasteiger charge is -2.35. The van der Waals surface area contributed by atoms with Crippen molar-refractivity contribution in [1.29, 1.82) is 0 Å². The molecule has 0 atom stereocenters. The number of amides is 2. The molecule has 0 aromatic heterocycles. The van der Waals surface area contributed by atoms with Gasteiger partial charge in [-0.05, 0) is 49.5 Å². The van der Waals surface area contributed by atoms with Gasteiger partial charge in [0.15, 0.2) is 0 Å². The average molecular weight is 344 g/mol. The minimum atomic E-state index is -0.0248. The van der Waals surface area contributed by atoms with Gasteiger partial charge in [0, 0.05) is 19.5 Å². The van der Waals surface area contributed by atoms with Crippen LogP contribution in [0, 0.1) is 5.92 Å². The zero-order chi connectivity index (χ0) is 18.2. The van der Waals surface area contributed by atoms with E-state index in [1.165, 1.54) is 5.56 Å². The molecule has 0 spiro atoms. The lowest BCUT2D eigenvalue weighted by molar-refractivity contribution is -0.134. The van der Waals surface area contributed by atoms with Crippen molar-refractivity contribution < 1.29 is 9.59 Å². The molecule has 1 aliphatic carbocycles. The Labute approximate surface area is 152 Å². The first kappa shape index (κ1) is 19.5. The van der Waals surface area contributed by atoms with Gasteiger partial charge in [0.25, 0.3) is 0 Å². The Morgan fingerprint density at radius 1 is 1.12 bits per heavy atom. The number of carbonyl (C=O) groups is 2. The van der Waals surface area contributed by atoms with Crippen molar-refractivity contribution in [2.45, 2.75) is 64.3 Å². The fourth-order valence-electron chi connectivity index (χ4n) is 3.53. The topological polar surface area (TPSA) is 49.4 Å². The number of benzene rings is 1. The van der Waals surface area contributed by atoms with Gasteiger partial charge in [-0.25, -0.2) is 0 Å². The molecular formula is C21H32N2O2. The number of rotatable bonds is 7. The molecule has 1 aromatic carbocycles. The predicted molar refractivity (Wildman–Crippen MR) is 101 cm³/mol. The van der Waals surface area contributed by atoms with Gasteiger partial charge < -0.3 is 10.2 Å². The van der Waals surface area contributed by atoms with Crippen LogP contribution in [0.4, 0.5) is 0 Å². The molecule has 0 unspecified atom stereocenters. The first-order valence-electron chi connectivity index (χ1n) is 9.54. The van der Waals surface area contributed by atoms with Gasteiger partial charge in [0.1, 0.15) is 0 Å². The molecule has 0 heterocycles. The SMILES string of the molecule is CC(C)CCC(=O)NCC(=O)N(C)C1CCC(c2ccccc2)CC1. The van der Waals surface area contributed by atoms with Crippen LogP contribution in [0.1, 0.15) is 63.9 Å². The highest BCUT2D eigenvalue weighted by molar-refractivity contribution is 5.84. The van der Waals surface area contributed by atoms with Gasteiger partial charge in [0.05, 0.1) is 6.54 Å². The van der Waals surface area contributed by atoms with Crippen molar-refractivity contribution in [2.75, 3.05) is 13.6 Å². The highest BCUT2D eigenvalue weighted by Crippen LogP contribution is 2.34. The van der Waals surface area contributed by atoms with Crippen molar-refractivity contribution in [1.82, 2.24) is 10.2 Å².